The third kappa shape index (κ3) is 3.45. The molecule has 0 atom stereocenters. The van der Waals surface area contributed by atoms with E-state index >= 15 is 0 Å². The molecule has 0 fully saturated rings. The lowest BCUT2D eigenvalue weighted by Crippen LogP contribution is -2.14. The molecule has 1 aromatic heterocycles. The Morgan fingerprint density at radius 2 is 2.24 bits per heavy atom. The molecule has 0 radical (unpaired) electrons. The summed E-state index contributed by atoms with van der Waals surface area (Å²) in [6.45, 7) is 1.83. The first-order chi connectivity index (χ1) is 10.0. The van der Waals surface area contributed by atoms with Crippen LogP contribution in [0.2, 0.25) is 0 Å². The van der Waals surface area contributed by atoms with Crippen molar-refractivity contribution in [3.63, 3.8) is 0 Å². The van der Waals surface area contributed by atoms with E-state index in [1.54, 1.807) is 12.3 Å². The van der Waals surface area contributed by atoms with Gasteiger partial charge in [0.15, 0.2) is 11.0 Å². The molecule has 0 aliphatic rings. The molecule has 0 spiro atoms. The first-order valence-electron chi connectivity index (χ1n) is 5.75. The smallest absolute Gasteiger partial charge is 0.270 e. The van der Waals surface area contributed by atoms with Crippen molar-refractivity contribution >= 4 is 23.3 Å². The Balaban J connectivity index is 2.45. The van der Waals surface area contributed by atoms with E-state index in [-0.39, 0.29) is 17.1 Å². The highest BCUT2D eigenvalue weighted by atomic mass is 32.2. The summed E-state index contributed by atoms with van der Waals surface area (Å²) in [5.74, 6) is -0.214. The quantitative estimate of drug-likeness (QED) is 0.220. The van der Waals surface area contributed by atoms with Gasteiger partial charge in [0.2, 0.25) is 0 Å². The third-order valence-electron chi connectivity index (χ3n) is 2.53. The normalized spacial score (nSPS) is 11.4. The summed E-state index contributed by atoms with van der Waals surface area (Å²) >= 11 is 1.18. The number of aromatic nitrogens is 2. The second-order valence-electron chi connectivity index (χ2n) is 4.01. The number of aryl methyl sites for hydroxylation is 1. The lowest BCUT2D eigenvalue weighted by molar-refractivity contribution is -0.384. The maximum atomic E-state index is 10.8. The Hall–Kier alpha value is -2.68. The first kappa shape index (κ1) is 14.7. The maximum Gasteiger partial charge on any atom is 0.270 e. The molecule has 0 aliphatic heterocycles. The van der Waals surface area contributed by atoms with E-state index in [9.17, 15) is 10.1 Å². The van der Waals surface area contributed by atoms with Crippen LogP contribution in [-0.2, 0) is 0 Å². The summed E-state index contributed by atoms with van der Waals surface area (Å²) in [6, 6.07) is 5.85. The van der Waals surface area contributed by atoms with Crippen LogP contribution in [0, 0.1) is 17.0 Å². The van der Waals surface area contributed by atoms with Gasteiger partial charge < -0.3 is 10.9 Å². The summed E-state index contributed by atoms with van der Waals surface area (Å²) in [6.07, 6.45) is 1.61. The minimum absolute atomic E-state index is 0.147. The molecule has 0 unspecified atom stereocenters. The number of rotatable bonds is 4. The molecule has 1 aromatic carbocycles. The fourth-order valence-electron chi connectivity index (χ4n) is 1.55. The molecule has 0 amide bonds. The first-order valence-corrected chi connectivity index (χ1v) is 6.56. The molecule has 108 valence electrons. The lowest BCUT2D eigenvalue weighted by atomic mass is 10.2. The van der Waals surface area contributed by atoms with Gasteiger partial charge in [-0.3, -0.25) is 10.1 Å². The van der Waals surface area contributed by atoms with E-state index < -0.39 is 4.92 Å². The number of nitro benzene ring substituents is 1. The molecular formula is C12H11N5O3S. The van der Waals surface area contributed by atoms with Crippen molar-refractivity contribution in [3.05, 3.63) is 51.8 Å². The predicted octanol–water partition coefficient (Wildman–Crippen LogP) is 1.94. The van der Waals surface area contributed by atoms with Gasteiger partial charge in [-0.1, -0.05) is 5.16 Å². The van der Waals surface area contributed by atoms with Crippen LogP contribution in [-0.4, -0.2) is 25.9 Å². The second-order valence-corrected chi connectivity index (χ2v) is 5.01. The zero-order valence-electron chi connectivity index (χ0n) is 10.9. The van der Waals surface area contributed by atoms with Gasteiger partial charge in [-0.2, -0.15) is 0 Å². The molecule has 8 nitrogen and oxygen atoms in total. The van der Waals surface area contributed by atoms with Crippen molar-refractivity contribution in [2.75, 3.05) is 0 Å². The van der Waals surface area contributed by atoms with Gasteiger partial charge in [-0.05, 0) is 30.8 Å². The monoisotopic (exact) mass is 305 g/mol. The number of oxime groups is 1. The standard InChI is InChI=1S/C12H11N5O3S/c1-7-4-5-14-12(15-7)21-10-3-2-8(17(19)20)6-9(10)11(13)16-18/h2-6,18H,1H3,(H2,13,16). The number of non-ortho nitro benzene ring substituents is 1. The number of benzene rings is 1. The zero-order chi connectivity index (χ0) is 15.4. The van der Waals surface area contributed by atoms with Crippen LogP contribution in [0.15, 0.2) is 45.7 Å². The van der Waals surface area contributed by atoms with Crippen LogP contribution >= 0.6 is 11.8 Å². The molecule has 2 aromatic rings. The van der Waals surface area contributed by atoms with Crippen LogP contribution < -0.4 is 5.73 Å². The van der Waals surface area contributed by atoms with E-state index in [2.05, 4.69) is 15.1 Å². The molecule has 0 saturated carbocycles. The Morgan fingerprint density at radius 3 is 2.86 bits per heavy atom. The fourth-order valence-corrected chi connectivity index (χ4v) is 2.46. The van der Waals surface area contributed by atoms with Gasteiger partial charge in [0.05, 0.1) is 4.92 Å². The zero-order valence-corrected chi connectivity index (χ0v) is 11.7. The second kappa shape index (κ2) is 6.18. The van der Waals surface area contributed by atoms with Crippen molar-refractivity contribution < 1.29 is 10.1 Å². The Bertz CT molecular complexity index is 720. The van der Waals surface area contributed by atoms with Gasteiger partial charge in [0, 0.05) is 34.5 Å². The number of hydrogen-bond donors (Lipinski definition) is 2. The molecule has 9 heteroatoms. The van der Waals surface area contributed by atoms with Gasteiger partial charge in [0.1, 0.15) is 0 Å². The molecular weight excluding hydrogens is 294 g/mol. The Labute approximate surface area is 123 Å². The van der Waals surface area contributed by atoms with Gasteiger partial charge in [-0.25, -0.2) is 9.97 Å². The van der Waals surface area contributed by atoms with Gasteiger partial charge >= 0.3 is 0 Å². The maximum absolute atomic E-state index is 10.8. The van der Waals surface area contributed by atoms with Crippen molar-refractivity contribution in [2.45, 2.75) is 17.0 Å². The summed E-state index contributed by atoms with van der Waals surface area (Å²) in [5.41, 5.74) is 6.47. The van der Waals surface area contributed by atoms with Crippen molar-refractivity contribution in [2.24, 2.45) is 10.9 Å². The highest BCUT2D eigenvalue weighted by Crippen LogP contribution is 2.30. The molecule has 0 saturated heterocycles. The van der Waals surface area contributed by atoms with Gasteiger partial charge in [0.25, 0.3) is 5.69 Å². The molecule has 3 N–H and O–H groups in total. The highest BCUT2D eigenvalue weighted by molar-refractivity contribution is 7.99. The van der Waals surface area contributed by atoms with Crippen LogP contribution in [0.3, 0.4) is 0 Å². The third-order valence-corrected chi connectivity index (χ3v) is 3.49. The molecule has 0 bridgehead atoms. The van der Waals surface area contributed by atoms with Crippen LogP contribution in [0.5, 0.6) is 0 Å². The van der Waals surface area contributed by atoms with Crippen LogP contribution in [0.4, 0.5) is 5.69 Å². The Kier molecular flexibility index (Phi) is 4.33. The topological polar surface area (TPSA) is 128 Å². The SMILES string of the molecule is Cc1ccnc(Sc2ccc([N+](=O)[O-])cc2C(N)=NO)n1. The number of nitrogens with two attached hydrogens (primary N) is 1. The average molecular weight is 305 g/mol. The minimum Gasteiger partial charge on any atom is -0.409 e. The lowest BCUT2D eigenvalue weighted by Gasteiger charge is -2.07. The summed E-state index contributed by atoms with van der Waals surface area (Å²) in [7, 11) is 0. The van der Waals surface area contributed by atoms with Crippen molar-refractivity contribution in [1.82, 2.24) is 9.97 Å². The predicted molar refractivity (Wildman–Crippen MR) is 76.5 cm³/mol. The number of nitrogens with zero attached hydrogens (tertiary/aromatic N) is 4. The summed E-state index contributed by atoms with van der Waals surface area (Å²) in [4.78, 5) is 19.1. The molecule has 0 aliphatic carbocycles. The Morgan fingerprint density at radius 1 is 1.48 bits per heavy atom. The molecule has 21 heavy (non-hydrogen) atoms. The van der Waals surface area contributed by atoms with E-state index in [1.807, 2.05) is 6.92 Å². The highest BCUT2D eigenvalue weighted by Gasteiger charge is 2.15. The van der Waals surface area contributed by atoms with Crippen LogP contribution in [0.25, 0.3) is 0 Å². The van der Waals surface area contributed by atoms with E-state index in [4.69, 9.17) is 10.9 Å². The fraction of sp³-hybridized carbons (Fsp3) is 0.0833. The average Bonchev–Trinajstić information content (AvgIpc) is 2.46. The number of hydrogen-bond acceptors (Lipinski definition) is 7. The molecule has 1 heterocycles. The van der Waals surface area contributed by atoms with Crippen molar-refractivity contribution in [1.29, 1.82) is 0 Å². The number of nitro groups is 1. The van der Waals surface area contributed by atoms with E-state index in [1.165, 1.54) is 30.0 Å². The minimum atomic E-state index is -0.550. The largest absolute Gasteiger partial charge is 0.409 e. The van der Waals surface area contributed by atoms with Gasteiger partial charge in [-0.15, -0.1) is 0 Å². The van der Waals surface area contributed by atoms with E-state index in [0.717, 1.165) is 5.69 Å². The summed E-state index contributed by atoms with van der Waals surface area (Å²) in [5, 5.41) is 23.0. The number of amidine groups is 1. The van der Waals surface area contributed by atoms with Crippen LogP contribution in [0.1, 0.15) is 11.3 Å². The summed E-state index contributed by atoms with van der Waals surface area (Å²) < 4.78 is 0. The molecule has 2 rings (SSSR count). The van der Waals surface area contributed by atoms with Crippen molar-refractivity contribution in [3.8, 4) is 0 Å². The van der Waals surface area contributed by atoms with E-state index in [0.29, 0.717) is 10.1 Å².